The molecule has 0 saturated heterocycles. The van der Waals surface area contributed by atoms with Gasteiger partial charge in [-0.1, -0.05) is 31.5 Å². The standard InChI is InChI=1S/C13H19NO/c1-3-10-7-11-5-4-6-12(9-15-2)13(11)14-8-10/h4-6,10,14H,3,7-9H2,1-2H3. The van der Waals surface area contributed by atoms with E-state index in [0.29, 0.717) is 6.61 Å². The van der Waals surface area contributed by atoms with Crippen molar-refractivity contribution >= 4 is 5.69 Å². The molecule has 1 aliphatic heterocycles. The molecule has 0 aliphatic carbocycles. The van der Waals surface area contributed by atoms with Gasteiger partial charge in [0.05, 0.1) is 6.61 Å². The molecular weight excluding hydrogens is 186 g/mol. The molecule has 0 amide bonds. The molecule has 82 valence electrons. The number of nitrogens with one attached hydrogen (secondary N) is 1. The molecule has 1 heterocycles. The molecule has 1 aromatic rings. The fourth-order valence-electron chi connectivity index (χ4n) is 2.24. The fraction of sp³-hybridized carbons (Fsp3) is 0.538. The summed E-state index contributed by atoms with van der Waals surface area (Å²) < 4.78 is 5.21. The predicted molar refractivity (Wildman–Crippen MR) is 63.1 cm³/mol. The van der Waals surface area contributed by atoms with Crippen molar-refractivity contribution in [2.75, 3.05) is 19.0 Å². The lowest BCUT2D eigenvalue weighted by Crippen LogP contribution is -2.23. The molecule has 0 saturated carbocycles. The maximum atomic E-state index is 5.21. The van der Waals surface area contributed by atoms with Crippen LogP contribution in [0.3, 0.4) is 0 Å². The molecule has 15 heavy (non-hydrogen) atoms. The predicted octanol–water partition coefficient (Wildman–Crippen LogP) is 2.83. The summed E-state index contributed by atoms with van der Waals surface area (Å²) in [6.45, 7) is 4.06. The highest BCUT2D eigenvalue weighted by molar-refractivity contribution is 5.59. The minimum absolute atomic E-state index is 0.701. The lowest BCUT2D eigenvalue weighted by atomic mass is 9.90. The van der Waals surface area contributed by atoms with Gasteiger partial charge in [-0.15, -0.1) is 0 Å². The van der Waals surface area contributed by atoms with Crippen LogP contribution in [0.4, 0.5) is 5.69 Å². The van der Waals surface area contributed by atoms with Gasteiger partial charge >= 0.3 is 0 Å². The van der Waals surface area contributed by atoms with Crippen LogP contribution in [-0.2, 0) is 17.8 Å². The summed E-state index contributed by atoms with van der Waals surface area (Å²) in [6, 6.07) is 6.50. The Balaban J connectivity index is 2.25. The van der Waals surface area contributed by atoms with Crippen LogP contribution in [0, 0.1) is 5.92 Å². The fourth-order valence-corrected chi connectivity index (χ4v) is 2.24. The van der Waals surface area contributed by atoms with E-state index in [4.69, 9.17) is 4.74 Å². The Bertz CT molecular complexity index is 335. The van der Waals surface area contributed by atoms with E-state index in [1.165, 1.54) is 29.7 Å². The minimum Gasteiger partial charge on any atom is -0.384 e. The summed E-state index contributed by atoms with van der Waals surface area (Å²) in [7, 11) is 1.75. The number of anilines is 1. The second kappa shape index (κ2) is 4.67. The molecule has 0 fully saturated rings. The molecule has 2 heteroatoms. The van der Waals surface area contributed by atoms with Crippen molar-refractivity contribution in [3.8, 4) is 0 Å². The highest BCUT2D eigenvalue weighted by atomic mass is 16.5. The van der Waals surface area contributed by atoms with Crippen molar-refractivity contribution in [3.05, 3.63) is 29.3 Å². The van der Waals surface area contributed by atoms with Crippen molar-refractivity contribution in [1.29, 1.82) is 0 Å². The molecule has 0 spiro atoms. The second-order valence-electron chi connectivity index (χ2n) is 4.24. The summed E-state index contributed by atoms with van der Waals surface area (Å²) in [4.78, 5) is 0. The molecule has 0 radical (unpaired) electrons. The Morgan fingerprint density at radius 3 is 3.07 bits per heavy atom. The zero-order valence-electron chi connectivity index (χ0n) is 9.55. The van der Waals surface area contributed by atoms with Crippen molar-refractivity contribution in [2.24, 2.45) is 5.92 Å². The zero-order valence-corrected chi connectivity index (χ0v) is 9.55. The van der Waals surface area contributed by atoms with Gasteiger partial charge in [-0.3, -0.25) is 0 Å². The number of ether oxygens (including phenoxy) is 1. The molecular formula is C13H19NO. The van der Waals surface area contributed by atoms with Gasteiger partial charge in [0, 0.05) is 24.9 Å². The number of methoxy groups -OCH3 is 1. The first-order chi connectivity index (χ1) is 7.35. The van der Waals surface area contributed by atoms with Crippen LogP contribution in [0.1, 0.15) is 24.5 Å². The summed E-state index contributed by atoms with van der Waals surface area (Å²) in [5.74, 6) is 0.787. The van der Waals surface area contributed by atoms with Crippen LogP contribution in [-0.4, -0.2) is 13.7 Å². The summed E-state index contributed by atoms with van der Waals surface area (Å²) in [5, 5.41) is 3.54. The van der Waals surface area contributed by atoms with Gasteiger partial charge in [0.2, 0.25) is 0 Å². The second-order valence-corrected chi connectivity index (χ2v) is 4.24. The van der Waals surface area contributed by atoms with Gasteiger partial charge < -0.3 is 10.1 Å². The smallest absolute Gasteiger partial charge is 0.0733 e. The maximum Gasteiger partial charge on any atom is 0.0733 e. The van der Waals surface area contributed by atoms with Crippen molar-refractivity contribution in [3.63, 3.8) is 0 Å². The van der Waals surface area contributed by atoms with Crippen LogP contribution in [0.25, 0.3) is 0 Å². The van der Waals surface area contributed by atoms with E-state index in [1.54, 1.807) is 7.11 Å². The van der Waals surface area contributed by atoms with E-state index < -0.39 is 0 Å². The van der Waals surface area contributed by atoms with Crippen LogP contribution < -0.4 is 5.32 Å². The van der Waals surface area contributed by atoms with E-state index in [2.05, 4.69) is 30.4 Å². The monoisotopic (exact) mass is 205 g/mol. The van der Waals surface area contributed by atoms with Gasteiger partial charge in [0.15, 0.2) is 0 Å². The number of rotatable bonds is 3. The van der Waals surface area contributed by atoms with Crippen LogP contribution in [0.15, 0.2) is 18.2 Å². The molecule has 1 atom stereocenters. The molecule has 0 aromatic heterocycles. The molecule has 2 nitrogen and oxygen atoms in total. The Kier molecular flexibility index (Phi) is 3.27. The van der Waals surface area contributed by atoms with E-state index in [1.807, 2.05) is 0 Å². The lowest BCUT2D eigenvalue weighted by molar-refractivity contribution is 0.185. The van der Waals surface area contributed by atoms with Crippen LogP contribution in [0.5, 0.6) is 0 Å². The van der Waals surface area contributed by atoms with Crippen molar-refractivity contribution in [2.45, 2.75) is 26.4 Å². The highest BCUT2D eigenvalue weighted by Crippen LogP contribution is 2.29. The average molecular weight is 205 g/mol. The lowest BCUT2D eigenvalue weighted by Gasteiger charge is -2.27. The molecule has 1 N–H and O–H groups in total. The van der Waals surface area contributed by atoms with Gasteiger partial charge in [-0.05, 0) is 17.9 Å². The first-order valence-corrected chi connectivity index (χ1v) is 5.68. The van der Waals surface area contributed by atoms with Crippen molar-refractivity contribution < 1.29 is 4.74 Å². The average Bonchev–Trinajstić information content (AvgIpc) is 2.29. The number of fused-ring (bicyclic) bond motifs is 1. The Morgan fingerprint density at radius 2 is 2.33 bits per heavy atom. The maximum absolute atomic E-state index is 5.21. The zero-order chi connectivity index (χ0) is 10.7. The quantitative estimate of drug-likeness (QED) is 0.819. The number of hydrogen-bond acceptors (Lipinski definition) is 2. The summed E-state index contributed by atoms with van der Waals surface area (Å²) >= 11 is 0. The molecule has 2 rings (SSSR count). The Labute approximate surface area is 91.6 Å². The topological polar surface area (TPSA) is 21.3 Å². The van der Waals surface area contributed by atoms with E-state index in [9.17, 15) is 0 Å². The third-order valence-electron chi connectivity index (χ3n) is 3.19. The Hall–Kier alpha value is -1.02. The largest absolute Gasteiger partial charge is 0.384 e. The third-order valence-corrected chi connectivity index (χ3v) is 3.19. The first kappa shape index (κ1) is 10.5. The molecule has 1 aromatic carbocycles. The molecule has 1 aliphatic rings. The van der Waals surface area contributed by atoms with Crippen molar-refractivity contribution in [1.82, 2.24) is 0 Å². The normalized spacial score (nSPS) is 19.5. The highest BCUT2D eigenvalue weighted by Gasteiger charge is 2.18. The van der Waals surface area contributed by atoms with Gasteiger partial charge in [-0.2, -0.15) is 0 Å². The Morgan fingerprint density at radius 1 is 1.47 bits per heavy atom. The summed E-state index contributed by atoms with van der Waals surface area (Å²) in [6.07, 6.45) is 2.46. The van der Waals surface area contributed by atoms with E-state index in [0.717, 1.165) is 12.5 Å². The number of benzene rings is 1. The van der Waals surface area contributed by atoms with Crippen LogP contribution in [0.2, 0.25) is 0 Å². The first-order valence-electron chi connectivity index (χ1n) is 5.68. The number of para-hydroxylation sites is 1. The van der Waals surface area contributed by atoms with E-state index in [-0.39, 0.29) is 0 Å². The van der Waals surface area contributed by atoms with Gasteiger partial charge in [0.25, 0.3) is 0 Å². The third kappa shape index (κ3) is 2.15. The van der Waals surface area contributed by atoms with E-state index >= 15 is 0 Å². The van der Waals surface area contributed by atoms with Crippen LogP contribution >= 0.6 is 0 Å². The number of hydrogen-bond donors (Lipinski definition) is 1. The van der Waals surface area contributed by atoms with Gasteiger partial charge in [0.1, 0.15) is 0 Å². The molecule has 1 unspecified atom stereocenters. The summed E-state index contributed by atoms with van der Waals surface area (Å²) in [5.41, 5.74) is 4.04. The molecule has 0 bridgehead atoms. The minimum atomic E-state index is 0.701. The SMILES string of the molecule is CCC1CNc2c(COC)cccc2C1. The van der Waals surface area contributed by atoms with Gasteiger partial charge in [-0.25, -0.2) is 0 Å².